The van der Waals surface area contributed by atoms with Crippen molar-refractivity contribution in [2.45, 2.75) is 32.6 Å². The molecule has 0 heterocycles. The number of anilines is 1. The van der Waals surface area contributed by atoms with E-state index in [4.69, 9.17) is 5.11 Å². The second-order valence-electron chi connectivity index (χ2n) is 4.81. The monoisotopic (exact) mass is 247 g/mol. The van der Waals surface area contributed by atoms with Gasteiger partial charge in [0.2, 0.25) is 5.91 Å². The lowest BCUT2D eigenvalue weighted by molar-refractivity contribution is -0.119. The molecule has 18 heavy (non-hydrogen) atoms. The van der Waals surface area contributed by atoms with E-state index in [9.17, 15) is 9.59 Å². The highest BCUT2D eigenvalue weighted by Gasteiger charge is 2.22. The Morgan fingerprint density at radius 2 is 1.94 bits per heavy atom. The zero-order valence-electron chi connectivity index (χ0n) is 10.4. The molecule has 1 saturated carbocycles. The highest BCUT2D eigenvalue weighted by atomic mass is 16.4. The molecule has 2 rings (SSSR count). The topological polar surface area (TPSA) is 66.4 Å². The number of rotatable bonds is 3. The molecule has 1 aliphatic carbocycles. The number of hydrogen-bond acceptors (Lipinski definition) is 2. The van der Waals surface area contributed by atoms with Crippen LogP contribution in [0.3, 0.4) is 0 Å². The Morgan fingerprint density at radius 3 is 2.50 bits per heavy atom. The van der Waals surface area contributed by atoms with Crippen LogP contribution in [0.15, 0.2) is 18.2 Å². The lowest BCUT2D eigenvalue weighted by atomic mass is 10.1. The van der Waals surface area contributed by atoms with Gasteiger partial charge in [-0.05, 0) is 43.5 Å². The van der Waals surface area contributed by atoms with Crippen molar-refractivity contribution in [1.82, 2.24) is 0 Å². The summed E-state index contributed by atoms with van der Waals surface area (Å²) < 4.78 is 0. The van der Waals surface area contributed by atoms with Gasteiger partial charge in [0.05, 0.1) is 5.56 Å². The first-order valence-corrected chi connectivity index (χ1v) is 6.23. The number of carbonyl (C=O) groups excluding carboxylic acids is 1. The maximum atomic E-state index is 11.9. The van der Waals surface area contributed by atoms with Gasteiger partial charge in [0.25, 0.3) is 0 Å². The Bertz CT molecular complexity index is 476. The van der Waals surface area contributed by atoms with Crippen LogP contribution >= 0.6 is 0 Å². The van der Waals surface area contributed by atoms with Gasteiger partial charge in [-0.15, -0.1) is 0 Å². The van der Waals surface area contributed by atoms with Gasteiger partial charge in [0, 0.05) is 11.6 Å². The molecular formula is C14H17NO3. The fourth-order valence-corrected chi connectivity index (χ4v) is 2.41. The van der Waals surface area contributed by atoms with Crippen molar-refractivity contribution in [3.63, 3.8) is 0 Å². The van der Waals surface area contributed by atoms with Gasteiger partial charge < -0.3 is 10.4 Å². The van der Waals surface area contributed by atoms with E-state index in [1.165, 1.54) is 6.07 Å². The number of carboxylic acids is 1. The van der Waals surface area contributed by atoms with Crippen molar-refractivity contribution in [2.24, 2.45) is 5.92 Å². The highest BCUT2D eigenvalue weighted by molar-refractivity contribution is 5.94. The number of carbonyl (C=O) groups is 2. The van der Waals surface area contributed by atoms with E-state index in [-0.39, 0.29) is 17.4 Å². The molecule has 0 saturated heterocycles. The van der Waals surface area contributed by atoms with Crippen LogP contribution in [0.5, 0.6) is 0 Å². The molecular weight excluding hydrogens is 230 g/mol. The molecule has 1 aliphatic rings. The first kappa shape index (κ1) is 12.6. The molecule has 0 bridgehead atoms. The van der Waals surface area contributed by atoms with Gasteiger partial charge in [0.15, 0.2) is 0 Å². The molecule has 0 aromatic heterocycles. The number of benzene rings is 1. The predicted molar refractivity (Wildman–Crippen MR) is 68.7 cm³/mol. The van der Waals surface area contributed by atoms with Gasteiger partial charge in [-0.2, -0.15) is 0 Å². The van der Waals surface area contributed by atoms with Crippen molar-refractivity contribution in [2.75, 3.05) is 5.32 Å². The Labute approximate surface area is 106 Å². The summed E-state index contributed by atoms with van der Waals surface area (Å²) in [6, 6.07) is 4.88. The van der Waals surface area contributed by atoms with E-state index < -0.39 is 5.97 Å². The Hall–Kier alpha value is -1.84. The quantitative estimate of drug-likeness (QED) is 0.863. The first-order valence-electron chi connectivity index (χ1n) is 6.23. The number of aromatic carboxylic acids is 1. The second-order valence-corrected chi connectivity index (χ2v) is 4.81. The van der Waals surface area contributed by atoms with Crippen LogP contribution in [-0.2, 0) is 4.79 Å². The van der Waals surface area contributed by atoms with Crippen LogP contribution in [-0.4, -0.2) is 17.0 Å². The Balaban J connectivity index is 2.07. The van der Waals surface area contributed by atoms with Crippen LogP contribution in [0.25, 0.3) is 0 Å². The molecule has 0 aliphatic heterocycles. The second kappa shape index (κ2) is 5.21. The molecule has 0 radical (unpaired) electrons. The van der Waals surface area contributed by atoms with Crippen molar-refractivity contribution in [3.8, 4) is 0 Å². The molecule has 96 valence electrons. The van der Waals surface area contributed by atoms with Gasteiger partial charge >= 0.3 is 5.97 Å². The molecule has 4 nitrogen and oxygen atoms in total. The normalized spacial score (nSPS) is 15.6. The third-order valence-electron chi connectivity index (χ3n) is 3.45. The molecule has 4 heteroatoms. The molecule has 0 spiro atoms. The third-order valence-corrected chi connectivity index (χ3v) is 3.45. The van der Waals surface area contributed by atoms with Gasteiger partial charge in [-0.1, -0.05) is 12.8 Å². The minimum atomic E-state index is -0.943. The number of amides is 1. The number of nitrogens with one attached hydrogen (secondary N) is 1. The van der Waals surface area contributed by atoms with Crippen LogP contribution < -0.4 is 5.32 Å². The van der Waals surface area contributed by atoms with Crippen LogP contribution in [0.2, 0.25) is 0 Å². The fourth-order valence-electron chi connectivity index (χ4n) is 2.41. The zero-order chi connectivity index (χ0) is 13.1. The highest BCUT2D eigenvalue weighted by Crippen LogP contribution is 2.26. The van der Waals surface area contributed by atoms with Crippen LogP contribution in [0, 0.1) is 12.8 Å². The van der Waals surface area contributed by atoms with Crippen molar-refractivity contribution < 1.29 is 14.7 Å². The average Bonchev–Trinajstić information content (AvgIpc) is 2.81. The van der Waals surface area contributed by atoms with Gasteiger partial charge in [-0.3, -0.25) is 4.79 Å². The summed E-state index contributed by atoms with van der Waals surface area (Å²) >= 11 is 0. The van der Waals surface area contributed by atoms with Crippen molar-refractivity contribution in [3.05, 3.63) is 29.3 Å². The fraction of sp³-hybridized carbons (Fsp3) is 0.429. The largest absolute Gasteiger partial charge is 0.478 e. The molecule has 0 unspecified atom stereocenters. The van der Waals surface area contributed by atoms with Gasteiger partial charge in [0.1, 0.15) is 0 Å². The molecule has 2 N–H and O–H groups in total. The number of carboxylic acid groups (broad SMARTS) is 1. The molecule has 1 fully saturated rings. The summed E-state index contributed by atoms with van der Waals surface area (Å²) in [5.74, 6) is -0.777. The van der Waals surface area contributed by atoms with Gasteiger partial charge in [-0.25, -0.2) is 4.79 Å². The van der Waals surface area contributed by atoms with E-state index in [1.807, 2.05) is 0 Å². The van der Waals surface area contributed by atoms with Crippen LogP contribution in [0.1, 0.15) is 41.6 Å². The third kappa shape index (κ3) is 2.70. The maximum Gasteiger partial charge on any atom is 0.335 e. The summed E-state index contributed by atoms with van der Waals surface area (Å²) in [5, 5.41) is 11.8. The molecule has 0 atom stereocenters. The van der Waals surface area contributed by atoms with E-state index in [0.29, 0.717) is 11.3 Å². The zero-order valence-corrected chi connectivity index (χ0v) is 10.4. The minimum absolute atomic E-state index is 0.0509. The SMILES string of the molecule is Cc1cc(NC(=O)C2CCCC2)ccc1C(=O)O. The Kier molecular flexibility index (Phi) is 3.65. The lowest BCUT2D eigenvalue weighted by Crippen LogP contribution is -2.20. The summed E-state index contributed by atoms with van der Waals surface area (Å²) in [4.78, 5) is 22.8. The van der Waals surface area contributed by atoms with E-state index in [0.717, 1.165) is 25.7 Å². The smallest absolute Gasteiger partial charge is 0.335 e. The lowest BCUT2D eigenvalue weighted by Gasteiger charge is -2.11. The predicted octanol–water partition coefficient (Wildman–Crippen LogP) is 2.82. The molecule has 1 aromatic carbocycles. The van der Waals surface area contributed by atoms with Crippen molar-refractivity contribution >= 4 is 17.6 Å². The standard InChI is InChI=1S/C14H17NO3/c1-9-8-11(6-7-12(9)14(17)18)15-13(16)10-4-2-3-5-10/h6-8,10H,2-5H2,1H3,(H,15,16)(H,17,18). The van der Waals surface area contributed by atoms with Crippen LogP contribution in [0.4, 0.5) is 5.69 Å². The number of aryl methyl sites for hydroxylation is 1. The summed E-state index contributed by atoms with van der Waals surface area (Å²) in [5.41, 5.74) is 1.61. The van der Waals surface area contributed by atoms with E-state index in [2.05, 4.69) is 5.32 Å². The molecule has 1 aromatic rings. The summed E-state index contributed by atoms with van der Waals surface area (Å²) in [6.45, 7) is 1.73. The molecule has 1 amide bonds. The Morgan fingerprint density at radius 1 is 1.28 bits per heavy atom. The minimum Gasteiger partial charge on any atom is -0.478 e. The summed E-state index contributed by atoms with van der Waals surface area (Å²) in [7, 11) is 0. The van der Waals surface area contributed by atoms with E-state index >= 15 is 0 Å². The van der Waals surface area contributed by atoms with Crippen molar-refractivity contribution in [1.29, 1.82) is 0 Å². The summed E-state index contributed by atoms with van der Waals surface area (Å²) in [6.07, 6.45) is 4.15. The average molecular weight is 247 g/mol. The maximum absolute atomic E-state index is 11.9. The van der Waals surface area contributed by atoms with E-state index in [1.54, 1.807) is 19.1 Å². The first-order chi connectivity index (χ1) is 8.58. The number of hydrogen-bond donors (Lipinski definition) is 2.